The lowest BCUT2D eigenvalue weighted by molar-refractivity contribution is 0.176. The SMILES string of the molecule is Cc1ccc(C2=NCC(C3(C)CCCC3)N2C)c(C)n1. The van der Waals surface area contributed by atoms with Crippen molar-refractivity contribution in [1.29, 1.82) is 0 Å². The van der Waals surface area contributed by atoms with Crippen molar-refractivity contribution in [3.63, 3.8) is 0 Å². The quantitative estimate of drug-likeness (QED) is 0.825. The predicted octanol–water partition coefficient (Wildman–Crippen LogP) is 3.34. The van der Waals surface area contributed by atoms with Crippen LogP contribution in [-0.4, -0.2) is 35.4 Å². The van der Waals surface area contributed by atoms with E-state index in [1.165, 1.54) is 31.2 Å². The first-order valence-electron chi connectivity index (χ1n) is 7.73. The van der Waals surface area contributed by atoms with Crippen LogP contribution in [0.25, 0.3) is 0 Å². The Morgan fingerprint density at radius 1 is 1.20 bits per heavy atom. The van der Waals surface area contributed by atoms with E-state index < -0.39 is 0 Å². The number of rotatable bonds is 2. The lowest BCUT2D eigenvalue weighted by Crippen LogP contribution is -2.44. The molecule has 0 spiro atoms. The fraction of sp³-hybridized carbons (Fsp3) is 0.647. The van der Waals surface area contributed by atoms with Crippen molar-refractivity contribution in [3.8, 4) is 0 Å². The molecule has 1 aromatic heterocycles. The van der Waals surface area contributed by atoms with Gasteiger partial charge < -0.3 is 4.90 Å². The molecule has 0 bridgehead atoms. The van der Waals surface area contributed by atoms with Gasteiger partial charge in [0.05, 0.1) is 12.6 Å². The molecule has 1 fully saturated rings. The van der Waals surface area contributed by atoms with Gasteiger partial charge in [0.2, 0.25) is 0 Å². The Hall–Kier alpha value is -1.38. The van der Waals surface area contributed by atoms with E-state index in [1.54, 1.807) is 0 Å². The first-order chi connectivity index (χ1) is 9.51. The molecule has 0 aromatic carbocycles. The van der Waals surface area contributed by atoms with Crippen molar-refractivity contribution < 1.29 is 0 Å². The maximum atomic E-state index is 4.85. The highest BCUT2D eigenvalue weighted by atomic mass is 15.3. The standard InChI is InChI=1S/C17H25N3/c1-12-7-8-14(13(2)19-12)16-18-11-15(20(16)4)17(3)9-5-6-10-17/h7-8,15H,5-6,9-11H2,1-4H3. The summed E-state index contributed by atoms with van der Waals surface area (Å²) < 4.78 is 0. The van der Waals surface area contributed by atoms with Gasteiger partial charge in [0, 0.05) is 24.0 Å². The van der Waals surface area contributed by atoms with E-state index in [0.29, 0.717) is 11.5 Å². The van der Waals surface area contributed by atoms with Crippen molar-refractivity contribution >= 4 is 5.84 Å². The van der Waals surface area contributed by atoms with Crippen molar-refractivity contribution in [2.75, 3.05) is 13.6 Å². The Labute approximate surface area is 122 Å². The number of likely N-dealkylation sites (N-methyl/N-ethyl adjacent to an activating group) is 1. The minimum absolute atomic E-state index is 0.437. The summed E-state index contributed by atoms with van der Waals surface area (Å²) in [6.45, 7) is 7.51. The molecule has 0 saturated heterocycles. The van der Waals surface area contributed by atoms with Crippen molar-refractivity contribution in [3.05, 3.63) is 29.1 Å². The van der Waals surface area contributed by atoms with E-state index >= 15 is 0 Å². The van der Waals surface area contributed by atoms with Crippen LogP contribution in [0.1, 0.15) is 49.6 Å². The lowest BCUT2D eigenvalue weighted by atomic mass is 9.80. The molecule has 108 valence electrons. The van der Waals surface area contributed by atoms with E-state index in [0.717, 1.165) is 23.8 Å². The normalized spacial score (nSPS) is 25.1. The predicted molar refractivity (Wildman–Crippen MR) is 83.2 cm³/mol. The molecule has 3 heteroatoms. The fourth-order valence-electron chi connectivity index (χ4n) is 3.96. The fourth-order valence-corrected chi connectivity index (χ4v) is 3.96. The van der Waals surface area contributed by atoms with Crippen LogP contribution in [0.3, 0.4) is 0 Å². The zero-order valence-electron chi connectivity index (χ0n) is 13.1. The Bertz CT molecular complexity index is 541. The van der Waals surface area contributed by atoms with Gasteiger partial charge in [-0.2, -0.15) is 0 Å². The largest absolute Gasteiger partial charge is 0.354 e. The average Bonchev–Trinajstić information content (AvgIpc) is 2.97. The highest BCUT2D eigenvalue weighted by Gasteiger charge is 2.42. The molecule has 0 amide bonds. The Kier molecular flexibility index (Phi) is 3.31. The first kappa shape index (κ1) is 13.6. The third-order valence-corrected chi connectivity index (χ3v) is 5.23. The van der Waals surface area contributed by atoms with Crippen LogP contribution in [0.15, 0.2) is 17.1 Å². The molecule has 2 heterocycles. The molecule has 0 radical (unpaired) electrons. The lowest BCUT2D eigenvalue weighted by Gasteiger charge is -2.37. The summed E-state index contributed by atoms with van der Waals surface area (Å²) in [5.41, 5.74) is 3.80. The number of aromatic nitrogens is 1. The summed E-state index contributed by atoms with van der Waals surface area (Å²) in [5.74, 6) is 1.13. The number of amidine groups is 1. The molecule has 20 heavy (non-hydrogen) atoms. The molecule has 1 aromatic rings. The smallest absolute Gasteiger partial charge is 0.132 e. The molecule has 1 aliphatic carbocycles. The van der Waals surface area contributed by atoms with E-state index in [9.17, 15) is 0 Å². The van der Waals surface area contributed by atoms with Crippen LogP contribution < -0.4 is 0 Å². The number of aliphatic imine (C=N–C) groups is 1. The second-order valence-corrected chi connectivity index (χ2v) is 6.74. The highest BCUT2D eigenvalue weighted by molar-refractivity contribution is 6.00. The van der Waals surface area contributed by atoms with E-state index in [-0.39, 0.29) is 0 Å². The first-order valence-corrected chi connectivity index (χ1v) is 7.73. The molecular formula is C17H25N3. The van der Waals surface area contributed by atoms with Gasteiger partial charge in [0.25, 0.3) is 0 Å². The number of pyridine rings is 1. The molecule has 1 atom stereocenters. The monoisotopic (exact) mass is 271 g/mol. The summed E-state index contributed by atoms with van der Waals surface area (Å²) >= 11 is 0. The van der Waals surface area contributed by atoms with Gasteiger partial charge in [-0.15, -0.1) is 0 Å². The minimum Gasteiger partial charge on any atom is -0.354 e. The van der Waals surface area contributed by atoms with Gasteiger partial charge in [-0.1, -0.05) is 19.8 Å². The zero-order valence-corrected chi connectivity index (χ0v) is 13.1. The number of hydrogen-bond donors (Lipinski definition) is 0. The topological polar surface area (TPSA) is 28.5 Å². The van der Waals surface area contributed by atoms with Gasteiger partial charge in [-0.25, -0.2) is 0 Å². The van der Waals surface area contributed by atoms with E-state index in [4.69, 9.17) is 4.99 Å². The summed E-state index contributed by atoms with van der Waals surface area (Å²) in [5, 5.41) is 0. The van der Waals surface area contributed by atoms with Crippen LogP contribution in [0.2, 0.25) is 0 Å². The minimum atomic E-state index is 0.437. The number of hydrogen-bond acceptors (Lipinski definition) is 3. The van der Waals surface area contributed by atoms with Crippen LogP contribution in [0.5, 0.6) is 0 Å². The van der Waals surface area contributed by atoms with E-state index in [2.05, 4.69) is 42.9 Å². The molecular weight excluding hydrogens is 246 g/mol. The second-order valence-electron chi connectivity index (χ2n) is 6.74. The highest BCUT2D eigenvalue weighted by Crippen LogP contribution is 2.44. The van der Waals surface area contributed by atoms with Gasteiger partial charge in [-0.3, -0.25) is 9.98 Å². The molecule has 0 N–H and O–H groups in total. The van der Waals surface area contributed by atoms with Crippen molar-refractivity contribution in [2.45, 2.75) is 52.5 Å². The van der Waals surface area contributed by atoms with E-state index in [1.807, 2.05) is 6.92 Å². The average molecular weight is 271 g/mol. The van der Waals surface area contributed by atoms with Gasteiger partial charge in [-0.05, 0) is 44.2 Å². The molecule has 3 rings (SSSR count). The summed E-state index contributed by atoms with van der Waals surface area (Å²) in [7, 11) is 2.21. The van der Waals surface area contributed by atoms with Crippen molar-refractivity contribution in [1.82, 2.24) is 9.88 Å². The van der Waals surface area contributed by atoms with Crippen LogP contribution >= 0.6 is 0 Å². The third-order valence-electron chi connectivity index (χ3n) is 5.23. The van der Waals surface area contributed by atoms with Crippen LogP contribution in [-0.2, 0) is 0 Å². The molecule has 1 saturated carbocycles. The summed E-state index contributed by atoms with van der Waals surface area (Å²) in [4.78, 5) is 11.8. The summed E-state index contributed by atoms with van der Waals surface area (Å²) in [6, 6.07) is 4.82. The molecule has 1 aliphatic heterocycles. The Balaban J connectivity index is 1.86. The second kappa shape index (κ2) is 4.87. The number of aryl methyl sites for hydroxylation is 2. The maximum absolute atomic E-state index is 4.85. The van der Waals surface area contributed by atoms with Crippen LogP contribution in [0.4, 0.5) is 0 Å². The third kappa shape index (κ3) is 2.13. The Morgan fingerprint density at radius 3 is 2.55 bits per heavy atom. The maximum Gasteiger partial charge on any atom is 0.132 e. The van der Waals surface area contributed by atoms with Crippen molar-refractivity contribution in [2.24, 2.45) is 10.4 Å². The number of nitrogens with zero attached hydrogens (tertiary/aromatic N) is 3. The van der Waals surface area contributed by atoms with Gasteiger partial charge >= 0.3 is 0 Å². The van der Waals surface area contributed by atoms with Gasteiger partial charge in [0.1, 0.15) is 5.84 Å². The molecule has 3 nitrogen and oxygen atoms in total. The summed E-state index contributed by atoms with van der Waals surface area (Å²) in [6.07, 6.45) is 5.44. The van der Waals surface area contributed by atoms with Crippen LogP contribution in [0, 0.1) is 19.3 Å². The zero-order chi connectivity index (χ0) is 14.3. The Morgan fingerprint density at radius 2 is 1.90 bits per heavy atom. The molecule has 1 unspecified atom stereocenters. The molecule has 2 aliphatic rings. The van der Waals surface area contributed by atoms with Gasteiger partial charge in [0.15, 0.2) is 0 Å².